The lowest BCUT2D eigenvalue weighted by atomic mass is 10.3. The van der Waals surface area contributed by atoms with Crippen LogP contribution in [-0.4, -0.2) is 27.0 Å². The van der Waals surface area contributed by atoms with Crippen molar-refractivity contribution in [3.8, 4) is 5.75 Å². The lowest BCUT2D eigenvalue weighted by molar-refractivity contribution is 0.151. The third-order valence-electron chi connectivity index (χ3n) is 2.80. The lowest BCUT2D eigenvalue weighted by Gasteiger charge is -2.12. The van der Waals surface area contributed by atoms with Gasteiger partial charge in [0.15, 0.2) is 10.9 Å². The molecule has 3 N–H and O–H groups in total. The number of ether oxygens (including phenoxy) is 1. The average Bonchev–Trinajstić information content (AvgIpc) is 2.55. The topological polar surface area (TPSA) is 82.9 Å². The molecule has 2 heterocycles. The number of pyridine rings is 2. The molecule has 0 atom stereocenters. The first-order chi connectivity index (χ1) is 11.8. The Labute approximate surface area is 149 Å². The summed E-state index contributed by atoms with van der Waals surface area (Å²) in [5.74, 6) is 0.742. The fourth-order valence-electron chi connectivity index (χ4n) is 1.74. The first-order valence-electron chi connectivity index (χ1n) is 7.30. The van der Waals surface area contributed by atoms with E-state index < -0.39 is 6.43 Å². The molecule has 0 aliphatic carbocycles. The van der Waals surface area contributed by atoms with E-state index in [1.807, 2.05) is 13.8 Å². The molecule has 0 unspecified atom stereocenters. The van der Waals surface area contributed by atoms with Crippen LogP contribution < -0.4 is 15.4 Å². The highest BCUT2D eigenvalue weighted by molar-refractivity contribution is 7.80. The zero-order valence-electron chi connectivity index (χ0n) is 13.5. The van der Waals surface area contributed by atoms with Crippen molar-refractivity contribution in [1.29, 1.82) is 5.41 Å². The van der Waals surface area contributed by atoms with E-state index in [1.165, 1.54) is 6.20 Å². The Morgan fingerprint density at radius 3 is 2.56 bits per heavy atom. The number of thiocarbonyl (C=S) groups is 1. The Balaban J connectivity index is 1.92. The number of hydrogen-bond donors (Lipinski definition) is 3. The minimum Gasteiger partial charge on any atom is -0.489 e. The van der Waals surface area contributed by atoms with E-state index in [-0.39, 0.29) is 28.4 Å². The molecular formula is C16H16F2N5OS. The predicted octanol–water partition coefficient (Wildman–Crippen LogP) is 3.31. The number of alkyl halides is 2. The average molecular weight is 364 g/mol. The summed E-state index contributed by atoms with van der Waals surface area (Å²) in [7, 11) is 0. The smallest absolute Gasteiger partial charge is 0.265 e. The molecule has 0 amide bonds. The van der Waals surface area contributed by atoms with E-state index in [0.717, 1.165) is 12.3 Å². The van der Waals surface area contributed by atoms with Crippen LogP contribution in [0.15, 0.2) is 30.6 Å². The van der Waals surface area contributed by atoms with E-state index >= 15 is 0 Å². The summed E-state index contributed by atoms with van der Waals surface area (Å²) in [5, 5.41) is 13.3. The van der Waals surface area contributed by atoms with Crippen molar-refractivity contribution in [1.82, 2.24) is 15.3 Å². The van der Waals surface area contributed by atoms with Crippen LogP contribution in [0.5, 0.6) is 5.75 Å². The molecule has 0 bridgehead atoms. The first-order valence-corrected chi connectivity index (χ1v) is 7.71. The van der Waals surface area contributed by atoms with Gasteiger partial charge in [-0.15, -0.1) is 0 Å². The zero-order chi connectivity index (χ0) is 18.4. The number of nitrogens with one attached hydrogen (secondary N) is 3. The molecule has 131 valence electrons. The molecule has 9 heteroatoms. The summed E-state index contributed by atoms with van der Waals surface area (Å²) in [6, 6.07) is 7.01. The van der Waals surface area contributed by atoms with E-state index in [4.69, 9.17) is 22.4 Å². The van der Waals surface area contributed by atoms with Crippen molar-refractivity contribution in [3.63, 3.8) is 0 Å². The molecule has 2 aromatic heterocycles. The maximum atomic E-state index is 12.5. The van der Waals surface area contributed by atoms with Crippen LogP contribution in [0, 0.1) is 11.5 Å². The lowest BCUT2D eigenvalue weighted by Crippen LogP contribution is -2.34. The van der Waals surface area contributed by atoms with Gasteiger partial charge in [-0.05, 0) is 44.3 Å². The van der Waals surface area contributed by atoms with Crippen LogP contribution in [0.1, 0.15) is 31.5 Å². The Morgan fingerprint density at radius 1 is 1.28 bits per heavy atom. The van der Waals surface area contributed by atoms with Crippen LogP contribution in [0.2, 0.25) is 0 Å². The molecule has 2 rings (SSSR count). The van der Waals surface area contributed by atoms with Crippen molar-refractivity contribution in [2.24, 2.45) is 0 Å². The van der Waals surface area contributed by atoms with Gasteiger partial charge in [0.25, 0.3) is 6.43 Å². The van der Waals surface area contributed by atoms with Crippen LogP contribution in [0.25, 0.3) is 0 Å². The van der Waals surface area contributed by atoms with Gasteiger partial charge in [-0.3, -0.25) is 5.41 Å². The second-order valence-corrected chi connectivity index (χ2v) is 5.60. The number of rotatable bonds is 5. The Hall–Kier alpha value is -2.68. The number of amidine groups is 1. The quantitative estimate of drug-likeness (QED) is 0.429. The molecule has 0 aliphatic rings. The van der Waals surface area contributed by atoms with Crippen molar-refractivity contribution in [3.05, 3.63) is 47.9 Å². The van der Waals surface area contributed by atoms with Gasteiger partial charge in [0, 0.05) is 17.8 Å². The minimum atomic E-state index is -2.61. The molecular weight excluding hydrogens is 348 g/mol. The third kappa shape index (κ3) is 5.71. The highest BCUT2D eigenvalue weighted by Crippen LogP contribution is 2.18. The molecule has 0 spiro atoms. The summed E-state index contributed by atoms with van der Waals surface area (Å²) in [6.07, 6.45) is -0.0284. The SMILES string of the molecule is CC(C)Oc1ccc(C(=N)NC(=S)Nc2[c]cc(C(F)F)cn2)nc1. The summed E-state index contributed by atoms with van der Waals surface area (Å²) < 4.78 is 30.4. The van der Waals surface area contributed by atoms with Gasteiger partial charge in [0.2, 0.25) is 0 Å². The summed E-state index contributed by atoms with van der Waals surface area (Å²) in [4.78, 5) is 7.90. The van der Waals surface area contributed by atoms with Gasteiger partial charge in [-0.25, -0.2) is 18.7 Å². The fourth-order valence-corrected chi connectivity index (χ4v) is 1.94. The minimum absolute atomic E-state index is 0.0298. The Morgan fingerprint density at radius 2 is 2.04 bits per heavy atom. The summed E-state index contributed by atoms with van der Waals surface area (Å²) >= 11 is 5.06. The van der Waals surface area contributed by atoms with Crippen molar-refractivity contribution < 1.29 is 13.5 Å². The molecule has 2 aromatic rings. The fraction of sp³-hybridized carbons (Fsp3) is 0.250. The molecule has 0 fully saturated rings. The summed E-state index contributed by atoms with van der Waals surface area (Å²) in [5.41, 5.74) is 0.135. The number of halogens is 2. The van der Waals surface area contributed by atoms with E-state index in [0.29, 0.717) is 11.4 Å². The highest BCUT2D eigenvalue weighted by Gasteiger charge is 2.09. The molecule has 0 aliphatic heterocycles. The van der Waals surface area contributed by atoms with Gasteiger partial charge >= 0.3 is 0 Å². The van der Waals surface area contributed by atoms with Gasteiger partial charge in [0.05, 0.1) is 12.3 Å². The summed E-state index contributed by atoms with van der Waals surface area (Å²) in [6.45, 7) is 3.81. The van der Waals surface area contributed by atoms with E-state index in [2.05, 4.69) is 26.7 Å². The molecule has 1 radical (unpaired) electrons. The standard InChI is InChI=1S/C16H16F2N5OS/c1-9(2)24-11-4-5-12(20-8-11)15(19)23-16(25)22-13-6-3-10(7-21-13)14(17)18/h3-5,7-9,14H,1-2H3,(H3,19,21,22,23,25). The van der Waals surface area contributed by atoms with E-state index in [1.54, 1.807) is 12.1 Å². The molecule has 25 heavy (non-hydrogen) atoms. The van der Waals surface area contributed by atoms with Crippen LogP contribution in [0.3, 0.4) is 0 Å². The van der Waals surface area contributed by atoms with Crippen LogP contribution in [-0.2, 0) is 0 Å². The van der Waals surface area contributed by atoms with Gasteiger partial charge < -0.3 is 15.4 Å². The second-order valence-electron chi connectivity index (χ2n) is 5.20. The van der Waals surface area contributed by atoms with Gasteiger partial charge in [-0.2, -0.15) is 0 Å². The Bertz CT molecular complexity index is 735. The highest BCUT2D eigenvalue weighted by atomic mass is 32.1. The number of nitrogens with zero attached hydrogens (tertiary/aromatic N) is 2. The molecule has 6 nitrogen and oxygen atoms in total. The van der Waals surface area contributed by atoms with Gasteiger partial charge in [-0.1, -0.05) is 0 Å². The maximum absolute atomic E-state index is 12.5. The number of hydrogen-bond acceptors (Lipinski definition) is 5. The molecule has 0 saturated carbocycles. The maximum Gasteiger partial charge on any atom is 0.265 e. The Kier molecular flexibility index (Phi) is 6.29. The first kappa shape index (κ1) is 18.7. The van der Waals surface area contributed by atoms with E-state index in [9.17, 15) is 8.78 Å². The van der Waals surface area contributed by atoms with Crippen molar-refractivity contribution in [2.45, 2.75) is 26.4 Å². The normalized spacial score (nSPS) is 10.6. The zero-order valence-corrected chi connectivity index (χ0v) is 14.3. The van der Waals surface area contributed by atoms with Gasteiger partial charge in [0.1, 0.15) is 17.3 Å². The molecule has 0 aromatic carbocycles. The second kappa shape index (κ2) is 8.43. The third-order valence-corrected chi connectivity index (χ3v) is 3.01. The monoisotopic (exact) mass is 364 g/mol. The number of anilines is 1. The number of aromatic nitrogens is 2. The largest absolute Gasteiger partial charge is 0.489 e. The van der Waals surface area contributed by atoms with Crippen LogP contribution >= 0.6 is 12.2 Å². The predicted molar refractivity (Wildman–Crippen MR) is 94.2 cm³/mol. The van der Waals surface area contributed by atoms with Crippen molar-refractivity contribution in [2.75, 3.05) is 5.32 Å². The molecule has 0 saturated heterocycles. The van der Waals surface area contributed by atoms with Crippen molar-refractivity contribution >= 4 is 29.0 Å². The van der Waals surface area contributed by atoms with Crippen LogP contribution in [0.4, 0.5) is 14.6 Å².